The normalized spacial score (nSPS) is 12.2. The Balaban J connectivity index is 1.50. The molecule has 4 rings (SSSR count). The SMILES string of the molecule is C[C@H](NC(=O)c1ccccc1)c1nc(Cn2c(=O)oc3ccccc32)no1. The van der Waals surface area contributed by atoms with Gasteiger partial charge in [-0.15, -0.1) is 0 Å². The number of carbonyl (C=O) groups is 1. The van der Waals surface area contributed by atoms with Gasteiger partial charge in [0, 0.05) is 5.56 Å². The van der Waals surface area contributed by atoms with Gasteiger partial charge in [-0.3, -0.25) is 9.36 Å². The zero-order valence-electron chi connectivity index (χ0n) is 14.5. The summed E-state index contributed by atoms with van der Waals surface area (Å²) in [5, 5.41) is 6.70. The molecule has 1 atom stereocenters. The van der Waals surface area contributed by atoms with E-state index >= 15 is 0 Å². The molecule has 8 nitrogen and oxygen atoms in total. The number of carbonyl (C=O) groups excluding carboxylic acids is 1. The van der Waals surface area contributed by atoms with Crippen LogP contribution in [-0.2, 0) is 6.54 Å². The van der Waals surface area contributed by atoms with Crippen LogP contribution in [0.25, 0.3) is 11.1 Å². The predicted octanol–water partition coefficient (Wildman–Crippen LogP) is 2.52. The van der Waals surface area contributed by atoms with Gasteiger partial charge in [0.25, 0.3) is 5.91 Å². The number of hydrogen-bond donors (Lipinski definition) is 1. The molecule has 0 saturated heterocycles. The molecule has 0 aliphatic carbocycles. The Kier molecular flexibility index (Phi) is 4.29. The van der Waals surface area contributed by atoms with Gasteiger partial charge >= 0.3 is 5.76 Å². The number of benzene rings is 2. The topological polar surface area (TPSA) is 103 Å². The van der Waals surface area contributed by atoms with Gasteiger partial charge < -0.3 is 14.3 Å². The van der Waals surface area contributed by atoms with Crippen molar-refractivity contribution in [3.8, 4) is 0 Å². The summed E-state index contributed by atoms with van der Waals surface area (Å²) in [6.07, 6.45) is 0. The molecule has 1 N–H and O–H groups in total. The van der Waals surface area contributed by atoms with Gasteiger partial charge in [0.15, 0.2) is 11.4 Å². The molecule has 0 aliphatic rings. The lowest BCUT2D eigenvalue weighted by Crippen LogP contribution is -2.26. The lowest BCUT2D eigenvalue weighted by atomic mass is 10.2. The minimum absolute atomic E-state index is 0.110. The standard InChI is InChI=1S/C19H16N4O4/c1-12(20-17(24)13-7-3-2-4-8-13)18-21-16(22-27-18)11-23-14-9-5-6-10-15(14)26-19(23)25/h2-10,12H,11H2,1H3,(H,20,24)/t12-/m0/s1. The summed E-state index contributed by atoms with van der Waals surface area (Å²) in [7, 11) is 0. The molecule has 0 spiro atoms. The molecule has 27 heavy (non-hydrogen) atoms. The fourth-order valence-electron chi connectivity index (χ4n) is 2.74. The Morgan fingerprint density at radius 1 is 1.15 bits per heavy atom. The molecule has 0 saturated carbocycles. The summed E-state index contributed by atoms with van der Waals surface area (Å²) in [4.78, 5) is 28.5. The van der Waals surface area contributed by atoms with Gasteiger partial charge in [-0.1, -0.05) is 35.5 Å². The van der Waals surface area contributed by atoms with Crippen molar-refractivity contribution in [3.63, 3.8) is 0 Å². The van der Waals surface area contributed by atoms with Crippen molar-refractivity contribution >= 4 is 17.0 Å². The zero-order chi connectivity index (χ0) is 18.8. The third-order valence-electron chi connectivity index (χ3n) is 4.11. The van der Waals surface area contributed by atoms with Crippen LogP contribution >= 0.6 is 0 Å². The van der Waals surface area contributed by atoms with Crippen molar-refractivity contribution in [1.82, 2.24) is 20.0 Å². The van der Waals surface area contributed by atoms with Gasteiger partial charge in [-0.05, 0) is 31.2 Å². The second-order valence-electron chi connectivity index (χ2n) is 6.03. The van der Waals surface area contributed by atoms with E-state index in [-0.39, 0.29) is 18.3 Å². The minimum atomic E-state index is -0.493. The molecule has 0 bridgehead atoms. The molecule has 2 aromatic carbocycles. The highest BCUT2D eigenvalue weighted by molar-refractivity contribution is 5.94. The summed E-state index contributed by atoms with van der Waals surface area (Å²) >= 11 is 0. The van der Waals surface area contributed by atoms with E-state index in [2.05, 4.69) is 15.5 Å². The maximum absolute atomic E-state index is 12.2. The third kappa shape index (κ3) is 3.37. The summed E-state index contributed by atoms with van der Waals surface area (Å²) < 4.78 is 11.9. The molecular formula is C19H16N4O4. The average molecular weight is 364 g/mol. The smallest absolute Gasteiger partial charge is 0.408 e. The van der Waals surface area contributed by atoms with Crippen molar-refractivity contribution in [3.05, 3.63) is 82.4 Å². The van der Waals surface area contributed by atoms with Crippen molar-refractivity contribution in [2.45, 2.75) is 19.5 Å². The highest BCUT2D eigenvalue weighted by Gasteiger charge is 2.19. The number of oxazole rings is 1. The zero-order valence-corrected chi connectivity index (χ0v) is 14.5. The lowest BCUT2D eigenvalue weighted by molar-refractivity contribution is 0.0932. The van der Waals surface area contributed by atoms with E-state index in [1.807, 2.05) is 12.1 Å². The molecule has 8 heteroatoms. The highest BCUT2D eigenvalue weighted by atomic mass is 16.5. The molecule has 0 unspecified atom stereocenters. The Labute approximate surface area is 153 Å². The predicted molar refractivity (Wildman–Crippen MR) is 96.2 cm³/mol. The number of aromatic nitrogens is 3. The number of nitrogens with zero attached hydrogens (tertiary/aromatic N) is 3. The van der Waals surface area contributed by atoms with Crippen LogP contribution < -0.4 is 11.1 Å². The van der Waals surface area contributed by atoms with Crippen molar-refractivity contribution in [2.75, 3.05) is 0 Å². The molecule has 0 fully saturated rings. The Morgan fingerprint density at radius 2 is 1.89 bits per heavy atom. The first-order chi connectivity index (χ1) is 13.1. The van der Waals surface area contributed by atoms with Crippen LogP contribution in [0.4, 0.5) is 0 Å². The first-order valence-electron chi connectivity index (χ1n) is 8.38. The molecular weight excluding hydrogens is 348 g/mol. The van der Waals surface area contributed by atoms with Gasteiger partial charge in [-0.25, -0.2) is 4.79 Å². The van der Waals surface area contributed by atoms with Gasteiger partial charge in [0.05, 0.1) is 12.1 Å². The summed E-state index contributed by atoms with van der Waals surface area (Å²) in [6.45, 7) is 1.86. The molecule has 0 radical (unpaired) electrons. The first-order valence-corrected chi connectivity index (χ1v) is 8.38. The van der Waals surface area contributed by atoms with Crippen LogP contribution in [0.1, 0.15) is 35.0 Å². The van der Waals surface area contributed by atoms with Crippen LogP contribution in [0.2, 0.25) is 0 Å². The van der Waals surface area contributed by atoms with Gasteiger partial charge in [0.2, 0.25) is 5.89 Å². The van der Waals surface area contributed by atoms with E-state index in [1.54, 1.807) is 49.4 Å². The molecule has 0 aliphatic heterocycles. The number of para-hydroxylation sites is 2. The third-order valence-corrected chi connectivity index (χ3v) is 4.11. The highest BCUT2D eigenvalue weighted by Crippen LogP contribution is 2.15. The molecule has 4 aromatic rings. The van der Waals surface area contributed by atoms with E-state index in [1.165, 1.54) is 4.57 Å². The Bertz CT molecular complexity index is 1140. The van der Waals surface area contributed by atoms with Gasteiger partial charge in [-0.2, -0.15) is 4.98 Å². The minimum Gasteiger partial charge on any atom is -0.408 e. The Morgan fingerprint density at radius 3 is 2.70 bits per heavy atom. The fraction of sp³-hybridized carbons (Fsp3) is 0.158. The van der Waals surface area contributed by atoms with Crippen LogP contribution in [0.15, 0.2) is 68.3 Å². The van der Waals surface area contributed by atoms with Gasteiger partial charge in [0.1, 0.15) is 6.04 Å². The molecule has 1 amide bonds. The maximum Gasteiger partial charge on any atom is 0.420 e. The van der Waals surface area contributed by atoms with Crippen molar-refractivity contribution < 1.29 is 13.7 Å². The lowest BCUT2D eigenvalue weighted by Gasteiger charge is -2.09. The second-order valence-corrected chi connectivity index (χ2v) is 6.03. The number of amides is 1. The second kappa shape index (κ2) is 6.91. The van der Waals surface area contributed by atoms with Crippen LogP contribution in [0.5, 0.6) is 0 Å². The summed E-state index contributed by atoms with van der Waals surface area (Å²) in [5.74, 6) is -0.150. The van der Waals surface area contributed by atoms with Crippen molar-refractivity contribution in [1.29, 1.82) is 0 Å². The van der Waals surface area contributed by atoms with E-state index in [4.69, 9.17) is 8.94 Å². The molecule has 2 heterocycles. The monoisotopic (exact) mass is 364 g/mol. The molecule has 2 aromatic heterocycles. The summed E-state index contributed by atoms with van der Waals surface area (Å²) in [6, 6.07) is 15.5. The first kappa shape index (κ1) is 16.8. The van der Waals surface area contributed by atoms with E-state index in [9.17, 15) is 9.59 Å². The fourth-order valence-corrected chi connectivity index (χ4v) is 2.74. The maximum atomic E-state index is 12.2. The van der Waals surface area contributed by atoms with Crippen LogP contribution in [0.3, 0.4) is 0 Å². The van der Waals surface area contributed by atoms with E-state index in [0.717, 1.165) is 0 Å². The van der Waals surface area contributed by atoms with E-state index in [0.29, 0.717) is 22.5 Å². The largest absolute Gasteiger partial charge is 0.420 e. The summed E-state index contributed by atoms with van der Waals surface area (Å²) in [5.41, 5.74) is 1.69. The van der Waals surface area contributed by atoms with Crippen molar-refractivity contribution in [2.24, 2.45) is 0 Å². The average Bonchev–Trinajstić information content (AvgIpc) is 3.28. The molecule has 136 valence electrons. The van der Waals surface area contributed by atoms with Crippen LogP contribution in [0, 0.1) is 0 Å². The number of rotatable bonds is 5. The quantitative estimate of drug-likeness (QED) is 0.584. The van der Waals surface area contributed by atoms with Crippen LogP contribution in [-0.4, -0.2) is 20.6 Å². The Hall–Kier alpha value is -3.68. The number of fused-ring (bicyclic) bond motifs is 1. The van der Waals surface area contributed by atoms with E-state index < -0.39 is 11.8 Å². The number of hydrogen-bond acceptors (Lipinski definition) is 6. The number of nitrogens with one attached hydrogen (secondary N) is 1.